The van der Waals surface area contributed by atoms with Crippen LogP contribution in [-0.4, -0.2) is 98.7 Å². The number of fused-ring (bicyclic) bond motifs is 2. The second-order valence-corrected chi connectivity index (χ2v) is 19.0. The van der Waals surface area contributed by atoms with Crippen molar-refractivity contribution in [2.45, 2.75) is 118 Å². The van der Waals surface area contributed by atoms with E-state index in [1.807, 2.05) is 11.8 Å². The SMILES string of the molecule is C[C@H]1CN(C(=O)OC(C)(C)C)CCCN1c1nc(N2CCCCCN2C(=O)OC(C)(C)C)c2cnc(-c3ccc(F)c4sc(NC(=O)OC(C)(C)C)c(C#N)c34)c(F)c2n1. The molecule has 60 heavy (non-hydrogen) atoms. The summed E-state index contributed by atoms with van der Waals surface area (Å²) in [6.07, 6.45) is 2.26. The standard InChI is InChI=1S/C42H53F2N9O6S/c1-24-23-50(38(55)58-41(5,6)7)17-14-18-51(24)36-47-32-27(34(48-36)52-19-12-11-13-20-53(52)39(56)59-42(8,9)10)22-46-31(30(32)44)25-15-16-28(43)33-29(25)26(21-45)35(60-33)49-37(54)57-40(2,3)4/h15-16,22,24H,11-14,17-20,23H2,1-10H3,(H,49,54)/t24-/m0/s1. The quantitative estimate of drug-likeness (QED) is 0.194. The smallest absolute Gasteiger partial charge is 0.429 e. The highest BCUT2D eigenvalue weighted by atomic mass is 32.1. The summed E-state index contributed by atoms with van der Waals surface area (Å²) in [5.74, 6) is -1.18. The van der Waals surface area contributed by atoms with Crippen LogP contribution in [-0.2, 0) is 14.2 Å². The van der Waals surface area contributed by atoms with Gasteiger partial charge in [-0.3, -0.25) is 15.3 Å². The Morgan fingerprint density at radius 2 is 1.53 bits per heavy atom. The van der Waals surface area contributed by atoms with Gasteiger partial charge in [0, 0.05) is 55.9 Å². The van der Waals surface area contributed by atoms with Gasteiger partial charge >= 0.3 is 18.3 Å². The van der Waals surface area contributed by atoms with Gasteiger partial charge in [0.05, 0.1) is 15.6 Å². The minimum atomic E-state index is -0.876. The highest BCUT2D eigenvalue weighted by Gasteiger charge is 2.35. The second kappa shape index (κ2) is 16.8. The summed E-state index contributed by atoms with van der Waals surface area (Å²) in [7, 11) is 0. The molecule has 2 fully saturated rings. The van der Waals surface area contributed by atoms with E-state index in [2.05, 4.69) is 16.4 Å². The Balaban J connectivity index is 1.53. The topological polar surface area (TPSA) is 166 Å². The highest BCUT2D eigenvalue weighted by molar-refractivity contribution is 7.23. The Morgan fingerprint density at radius 3 is 2.20 bits per heavy atom. The van der Waals surface area contributed by atoms with Crippen LogP contribution in [0.15, 0.2) is 18.3 Å². The Kier molecular flexibility index (Phi) is 12.3. The maximum absolute atomic E-state index is 17.5. The molecule has 2 saturated heterocycles. The van der Waals surface area contributed by atoms with Gasteiger partial charge in [-0.2, -0.15) is 10.2 Å². The van der Waals surface area contributed by atoms with Crippen LogP contribution < -0.4 is 15.2 Å². The maximum Gasteiger partial charge on any atom is 0.429 e. The Hall–Kier alpha value is -5.57. The summed E-state index contributed by atoms with van der Waals surface area (Å²) in [5, 5.41) is 16.4. The fourth-order valence-corrected chi connectivity index (χ4v) is 8.19. The van der Waals surface area contributed by atoms with Gasteiger partial charge < -0.3 is 24.0 Å². The lowest BCUT2D eigenvalue weighted by molar-refractivity contribution is 0.0228. The zero-order chi connectivity index (χ0) is 43.9. The normalized spacial score (nSPS) is 16.9. The molecule has 0 unspecified atom stereocenters. The van der Waals surface area contributed by atoms with E-state index < -0.39 is 46.7 Å². The number of carbonyl (C=O) groups is 3. The number of amides is 3. The summed E-state index contributed by atoms with van der Waals surface area (Å²) in [4.78, 5) is 57.7. The van der Waals surface area contributed by atoms with Crippen LogP contribution in [0, 0.1) is 23.0 Å². The first-order chi connectivity index (χ1) is 28.0. The van der Waals surface area contributed by atoms with Gasteiger partial charge in [-0.1, -0.05) is 0 Å². The van der Waals surface area contributed by atoms with Gasteiger partial charge in [-0.15, -0.1) is 11.3 Å². The molecule has 0 radical (unpaired) electrons. The first-order valence-corrected chi connectivity index (χ1v) is 20.9. The molecule has 15 nitrogen and oxygen atoms in total. The number of benzene rings is 1. The number of carbonyl (C=O) groups excluding carboxylic acids is 3. The van der Waals surface area contributed by atoms with Crippen molar-refractivity contribution in [2.24, 2.45) is 0 Å². The number of hydrogen-bond acceptors (Lipinski definition) is 13. The van der Waals surface area contributed by atoms with E-state index in [0.717, 1.165) is 23.8 Å². The molecule has 1 N–H and O–H groups in total. The summed E-state index contributed by atoms with van der Waals surface area (Å²) in [5.41, 5.74) is -2.69. The van der Waals surface area contributed by atoms with E-state index in [1.54, 1.807) is 72.2 Å². The van der Waals surface area contributed by atoms with Crippen molar-refractivity contribution in [2.75, 3.05) is 47.9 Å². The zero-order valence-corrected chi connectivity index (χ0v) is 36.7. The lowest BCUT2D eigenvalue weighted by Crippen LogP contribution is -2.49. The molecule has 322 valence electrons. The third-order valence-electron chi connectivity index (χ3n) is 9.56. The van der Waals surface area contributed by atoms with Crippen molar-refractivity contribution in [1.82, 2.24) is 24.9 Å². The van der Waals surface area contributed by atoms with Crippen LogP contribution in [0.3, 0.4) is 0 Å². The third kappa shape index (κ3) is 9.72. The average molecular weight is 850 g/mol. The summed E-state index contributed by atoms with van der Waals surface area (Å²) >= 11 is 0.821. The lowest BCUT2D eigenvalue weighted by atomic mass is 10.0. The number of nitrogens with zero attached hydrogens (tertiary/aromatic N) is 8. The number of aromatic nitrogens is 3. The molecule has 4 aromatic rings. The Morgan fingerprint density at radius 1 is 0.867 bits per heavy atom. The number of hydrogen-bond donors (Lipinski definition) is 1. The fourth-order valence-electron chi connectivity index (χ4n) is 7.12. The molecule has 0 bridgehead atoms. The molecule has 1 atom stereocenters. The molecule has 0 aliphatic carbocycles. The number of pyridine rings is 1. The first kappa shape index (κ1) is 44.0. The van der Waals surface area contributed by atoms with E-state index in [-0.39, 0.29) is 67.2 Å². The number of nitriles is 1. The van der Waals surface area contributed by atoms with Crippen molar-refractivity contribution in [3.05, 3.63) is 35.5 Å². The van der Waals surface area contributed by atoms with Crippen LogP contribution in [0.5, 0.6) is 0 Å². The van der Waals surface area contributed by atoms with E-state index in [1.165, 1.54) is 17.3 Å². The predicted octanol–water partition coefficient (Wildman–Crippen LogP) is 9.38. The minimum absolute atomic E-state index is 0.00553. The molecule has 1 aromatic carbocycles. The van der Waals surface area contributed by atoms with Crippen LogP contribution in [0.4, 0.5) is 39.9 Å². The van der Waals surface area contributed by atoms with Crippen molar-refractivity contribution in [3.8, 4) is 17.3 Å². The summed E-state index contributed by atoms with van der Waals surface area (Å²) in [6, 6.07) is 4.20. The Bertz CT molecular complexity index is 2350. The molecule has 6 rings (SSSR count). The van der Waals surface area contributed by atoms with Crippen LogP contribution >= 0.6 is 11.3 Å². The molecule has 2 aliphatic rings. The first-order valence-electron chi connectivity index (χ1n) is 20.1. The van der Waals surface area contributed by atoms with E-state index in [4.69, 9.17) is 24.2 Å². The molecule has 0 spiro atoms. The van der Waals surface area contributed by atoms with Gasteiger partial charge in [0.1, 0.15) is 44.9 Å². The molecule has 3 amide bonds. The molecule has 18 heteroatoms. The average Bonchev–Trinajstić information content (AvgIpc) is 3.25. The van der Waals surface area contributed by atoms with Gasteiger partial charge in [0.2, 0.25) is 5.95 Å². The molecular formula is C42H53F2N9O6S. The number of nitrogens with one attached hydrogen (secondary N) is 1. The van der Waals surface area contributed by atoms with E-state index in [0.29, 0.717) is 45.4 Å². The van der Waals surface area contributed by atoms with Gasteiger partial charge in [-0.05, 0) is 107 Å². The minimum Gasteiger partial charge on any atom is -0.444 e. The molecule has 2 aliphatic heterocycles. The summed E-state index contributed by atoms with van der Waals surface area (Å²) < 4.78 is 49.9. The van der Waals surface area contributed by atoms with Gasteiger partial charge in [0.25, 0.3) is 0 Å². The Labute approximate surface area is 352 Å². The van der Waals surface area contributed by atoms with Crippen molar-refractivity contribution in [3.63, 3.8) is 0 Å². The van der Waals surface area contributed by atoms with Crippen molar-refractivity contribution in [1.29, 1.82) is 5.26 Å². The number of ether oxygens (including phenoxy) is 3. The van der Waals surface area contributed by atoms with Crippen LogP contribution in [0.1, 0.15) is 100 Å². The van der Waals surface area contributed by atoms with Crippen LogP contribution in [0.2, 0.25) is 0 Å². The lowest BCUT2D eigenvalue weighted by Gasteiger charge is -2.36. The maximum atomic E-state index is 17.5. The number of rotatable bonds is 4. The van der Waals surface area contributed by atoms with Crippen LogP contribution in [0.25, 0.3) is 32.2 Å². The van der Waals surface area contributed by atoms with Gasteiger partial charge in [-0.25, -0.2) is 33.2 Å². The van der Waals surface area contributed by atoms with E-state index in [9.17, 15) is 19.6 Å². The third-order valence-corrected chi connectivity index (χ3v) is 10.7. The zero-order valence-electron chi connectivity index (χ0n) is 35.9. The van der Waals surface area contributed by atoms with E-state index >= 15 is 8.78 Å². The monoisotopic (exact) mass is 849 g/mol. The van der Waals surface area contributed by atoms with Crippen molar-refractivity contribution >= 4 is 67.4 Å². The molecule has 0 saturated carbocycles. The number of anilines is 3. The number of thiophene rings is 1. The number of hydrazine groups is 1. The van der Waals surface area contributed by atoms with Gasteiger partial charge in [0.15, 0.2) is 11.6 Å². The second-order valence-electron chi connectivity index (χ2n) is 18.0. The van der Waals surface area contributed by atoms with Crippen molar-refractivity contribution < 1.29 is 37.4 Å². The highest BCUT2D eigenvalue weighted by Crippen LogP contribution is 2.44. The predicted molar refractivity (Wildman–Crippen MR) is 226 cm³/mol. The molecule has 3 aromatic heterocycles. The fraction of sp³-hybridized carbons (Fsp3) is 0.548. The number of halogens is 2. The molecular weight excluding hydrogens is 797 g/mol. The largest absolute Gasteiger partial charge is 0.444 e. The summed E-state index contributed by atoms with van der Waals surface area (Å²) in [6.45, 7) is 19.5. The molecule has 5 heterocycles.